The largest absolute Gasteiger partial charge is 0.368 e. The first-order valence-corrected chi connectivity index (χ1v) is 7.01. The Balaban J connectivity index is 1.61. The summed E-state index contributed by atoms with van der Waals surface area (Å²) in [7, 11) is 0. The SMILES string of the molecule is Nc1ncc(F)c(N2CCN(Cc3ccccc3)CC2)n1. The first kappa shape index (κ1) is 13.8. The van der Waals surface area contributed by atoms with Crippen molar-refractivity contribution in [2.75, 3.05) is 36.8 Å². The molecule has 2 aromatic rings. The maximum atomic E-state index is 13.8. The summed E-state index contributed by atoms with van der Waals surface area (Å²) in [5, 5.41) is 0. The average Bonchev–Trinajstić information content (AvgIpc) is 2.52. The number of benzene rings is 1. The molecule has 2 heterocycles. The molecule has 1 aromatic heterocycles. The lowest BCUT2D eigenvalue weighted by molar-refractivity contribution is 0.248. The molecule has 21 heavy (non-hydrogen) atoms. The van der Waals surface area contributed by atoms with Gasteiger partial charge in [-0.05, 0) is 5.56 Å². The lowest BCUT2D eigenvalue weighted by Crippen LogP contribution is -2.46. The summed E-state index contributed by atoms with van der Waals surface area (Å²) in [6.45, 7) is 4.14. The number of hydrogen-bond acceptors (Lipinski definition) is 5. The van der Waals surface area contributed by atoms with Crippen LogP contribution in [0, 0.1) is 5.82 Å². The molecule has 1 aliphatic heterocycles. The van der Waals surface area contributed by atoms with Crippen LogP contribution in [0.3, 0.4) is 0 Å². The van der Waals surface area contributed by atoms with Crippen LogP contribution >= 0.6 is 0 Å². The standard InChI is InChI=1S/C15H18FN5/c16-13-10-18-15(17)19-14(13)21-8-6-20(7-9-21)11-12-4-2-1-3-5-12/h1-5,10H,6-9,11H2,(H2,17,18,19). The highest BCUT2D eigenvalue weighted by atomic mass is 19.1. The van der Waals surface area contributed by atoms with Crippen molar-refractivity contribution in [3.63, 3.8) is 0 Å². The molecule has 0 amide bonds. The molecule has 3 rings (SSSR count). The van der Waals surface area contributed by atoms with Gasteiger partial charge in [0.2, 0.25) is 5.95 Å². The van der Waals surface area contributed by atoms with Crippen LogP contribution in [0.15, 0.2) is 36.5 Å². The molecule has 5 nitrogen and oxygen atoms in total. The van der Waals surface area contributed by atoms with Crippen molar-refractivity contribution in [2.45, 2.75) is 6.54 Å². The first-order chi connectivity index (χ1) is 10.2. The number of aromatic nitrogens is 2. The summed E-state index contributed by atoms with van der Waals surface area (Å²) in [6.07, 6.45) is 1.13. The fourth-order valence-electron chi connectivity index (χ4n) is 2.55. The second-order valence-electron chi connectivity index (χ2n) is 5.15. The summed E-state index contributed by atoms with van der Waals surface area (Å²) in [6, 6.07) is 10.4. The Kier molecular flexibility index (Phi) is 3.96. The number of nitrogens with two attached hydrogens (primary N) is 1. The van der Waals surface area contributed by atoms with Gasteiger partial charge in [0, 0.05) is 32.7 Å². The summed E-state index contributed by atoms with van der Waals surface area (Å²) in [4.78, 5) is 11.9. The maximum absolute atomic E-state index is 13.8. The highest BCUT2D eigenvalue weighted by molar-refractivity contribution is 5.43. The van der Waals surface area contributed by atoms with Crippen molar-refractivity contribution in [3.8, 4) is 0 Å². The van der Waals surface area contributed by atoms with Gasteiger partial charge in [0.05, 0.1) is 6.20 Å². The molecule has 1 fully saturated rings. The van der Waals surface area contributed by atoms with Crippen LogP contribution < -0.4 is 10.6 Å². The van der Waals surface area contributed by atoms with E-state index in [0.717, 1.165) is 38.9 Å². The summed E-state index contributed by atoms with van der Waals surface area (Å²) in [5.74, 6) is 0.000635. The third-order valence-corrected chi connectivity index (χ3v) is 3.67. The van der Waals surface area contributed by atoms with E-state index in [1.807, 2.05) is 23.1 Å². The highest BCUT2D eigenvalue weighted by Crippen LogP contribution is 2.18. The minimum absolute atomic E-state index is 0.109. The first-order valence-electron chi connectivity index (χ1n) is 7.01. The molecule has 0 aliphatic carbocycles. The van der Waals surface area contributed by atoms with Gasteiger partial charge in [-0.25, -0.2) is 9.37 Å². The Morgan fingerprint density at radius 1 is 1.10 bits per heavy atom. The van der Waals surface area contributed by atoms with E-state index in [1.165, 1.54) is 5.56 Å². The van der Waals surface area contributed by atoms with Crippen molar-refractivity contribution >= 4 is 11.8 Å². The lowest BCUT2D eigenvalue weighted by Gasteiger charge is -2.35. The number of halogens is 1. The number of piperazine rings is 1. The van der Waals surface area contributed by atoms with E-state index >= 15 is 0 Å². The normalized spacial score (nSPS) is 16.1. The van der Waals surface area contributed by atoms with Gasteiger partial charge >= 0.3 is 0 Å². The molecular formula is C15H18FN5. The number of nitrogens with zero attached hydrogens (tertiary/aromatic N) is 4. The smallest absolute Gasteiger partial charge is 0.222 e. The fourth-order valence-corrected chi connectivity index (χ4v) is 2.55. The van der Waals surface area contributed by atoms with Crippen LogP contribution in [-0.4, -0.2) is 41.0 Å². The Hall–Kier alpha value is -2.21. The number of anilines is 2. The van der Waals surface area contributed by atoms with E-state index in [1.54, 1.807) is 0 Å². The number of rotatable bonds is 3. The summed E-state index contributed by atoms with van der Waals surface area (Å²) >= 11 is 0. The van der Waals surface area contributed by atoms with Crippen molar-refractivity contribution in [1.29, 1.82) is 0 Å². The molecular weight excluding hydrogens is 269 g/mol. The van der Waals surface area contributed by atoms with Gasteiger partial charge in [-0.15, -0.1) is 0 Å². The van der Waals surface area contributed by atoms with Gasteiger partial charge in [0.1, 0.15) is 0 Å². The molecule has 1 aromatic carbocycles. The predicted octanol–water partition coefficient (Wildman–Crippen LogP) is 1.52. The molecule has 2 N–H and O–H groups in total. The quantitative estimate of drug-likeness (QED) is 0.927. The Morgan fingerprint density at radius 2 is 1.81 bits per heavy atom. The monoisotopic (exact) mass is 287 g/mol. The van der Waals surface area contributed by atoms with E-state index in [9.17, 15) is 4.39 Å². The zero-order chi connectivity index (χ0) is 14.7. The van der Waals surface area contributed by atoms with Gasteiger partial charge < -0.3 is 10.6 Å². The van der Waals surface area contributed by atoms with Gasteiger partial charge in [-0.3, -0.25) is 4.90 Å². The Labute approximate surface area is 123 Å². The minimum Gasteiger partial charge on any atom is -0.368 e. The lowest BCUT2D eigenvalue weighted by atomic mass is 10.2. The van der Waals surface area contributed by atoms with Crippen molar-refractivity contribution in [3.05, 3.63) is 47.9 Å². The van der Waals surface area contributed by atoms with Crippen molar-refractivity contribution in [2.24, 2.45) is 0 Å². The van der Waals surface area contributed by atoms with Gasteiger partial charge in [0.15, 0.2) is 11.6 Å². The third kappa shape index (κ3) is 3.28. The van der Waals surface area contributed by atoms with Crippen LogP contribution in [0.5, 0.6) is 0 Å². The molecule has 0 spiro atoms. The highest BCUT2D eigenvalue weighted by Gasteiger charge is 2.21. The zero-order valence-electron chi connectivity index (χ0n) is 11.7. The molecule has 1 saturated heterocycles. The number of hydrogen-bond donors (Lipinski definition) is 1. The van der Waals surface area contributed by atoms with Crippen LogP contribution in [0.1, 0.15) is 5.56 Å². The minimum atomic E-state index is -0.416. The van der Waals surface area contributed by atoms with E-state index in [4.69, 9.17) is 5.73 Å². The Bertz CT molecular complexity index is 596. The van der Waals surface area contributed by atoms with Gasteiger partial charge in [0.25, 0.3) is 0 Å². The van der Waals surface area contributed by atoms with Crippen LogP contribution in [0.4, 0.5) is 16.2 Å². The predicted molar refractivity (Wildman–Crippen MR) is 80.3 cm³/mol. The van der Waals surface area contributed by atoms with Crippen molar-refractivity contribution in [1.82, 2.24) is 14.9 Å². The van der Waals surface area contributed by atoms with Crippen LogP contribution in [-0.2, 0) is 6.54 Å². The van der Waals surface area contributed by atoms with Crippen LogP contribution in [0.25, 0.3) is 0 Å². The summed E-state index contributed by atoms with van der Waals surface area (Å²) < 4.78 is 13.8. The molecule has 6 heteroatoms. The average molecular weight is 287 g/mol. The van der Waals surface area contributed by atoms with E-state index in [-0.39, 0.29) is 5.95 Å². The molecule has 110 valence electrons. The third-order valence-electron chi connectivity index (χ3n) is 3.67. The maximum Gasteiger partial charge on any atom is 0.222 e. The molecule has 0 unspecified atom stereocenters. The zero-order valence-corrected chi connectivity index (χ0v) is 11.7. The molecule has 1 aliphatic rings. The second-order valence-corrected chi connectivity index (χ2v) is 5.15. The molecule has 0 saturated carbocycles. The number of nitrogen functional groups attached to an aromatic ring is 1. The van der Waals surface area contributed by atoms with Gasteiger partial charge in [-0.1, -0.05) is 30.3 Å². The molecule has 0 atom stereocenters. The molecule has 0 bridgehead atoms. The van der Waals surface area contributed by atoms with E-state index in [0.29, 0.717) is 5.82 Å². The van der Waals surface area contributed by atoms with Crippen LogP contribution in [0.2, 0.25) is 0 Å². The van der Waals surface area contributed by atoms with Gasteiger partial charge in [-0.2, -0.15) is 4.98 Å². The van der Waals surface area contributed by atoms with E-state index in [2.05, 4.69) is 27.0 Å². The fraction of sp³-hybridized carbons (Fsp3) is 0.333. The summed E-state index contributed by atoms with van der Waals surface area (Å²) in [5.41, 5.74) is 6.83. The van der Waals surface area contributed by atoms with E-state index < -0.39 is 5.82 Å². The molecule has 0 radical (unpaired) electrons. The topological polar surface area (TPSA) is 58.3 Å². The Morgan fingerprint density at radius 3 is 2.52 bits per heavy atom. The van der Waals surface area contributed by atoms with Crippen molar-refractivity contribution < 1.29 is 4.39 Å². The second kappa shape index (κ2) is 6.05.